The van der Waals surface area contributed by atoms with Crippen molar-refractivity contribution in [2.24, 2.45) is 0 Å². The van der Waals surface area contributed by atoms with Gasteiger partial charge in [0.25, 0.3) is 0 Å². The number of fused-ring (bicyclic) bond motifs is 1. The van der Waals surface area contributed by atoms with Crippen LogP contribution in [0.3, 0.4) is 0 Å². The average Bonchev–Trinajstić information content (AvgIpc) is 2.39. The molecule has 0 saturated heterocycles. The predicted molar refractivity (Wildman–Crippen MR) is 84.8 cm³/mol. The Bertz CT molecular complexity index is 717. The van der Waals surface area contributed by atoms with Gasteiger partial charge in [0.2, 0.25) is 0 Å². The van der Waals surface area contributed by atoms with E-state index in [0.717, 1.165) is 8.95 Å². The van der Waals surface area contributed by atoms with Crippen molar-refractivity contribution in [3.63, 3.8) is 0 Å². The summed E-state index contributed by atoms with van der Waals surface area (Å²) >= 11 is 7.19. The molecule has 0 aliphatic rings. The lowest BCUT2D eigenvalue weighted by Gasteiger charge is -2.07. The van der Waals surface area contributed by atoms with Crippen LogP contribution in [-0.4, -0.2) is 0 Å². The van der Waals surface area contributed by atoms with Gasteiger partial charge in [-0.15, -0.1) is 0 Å². The van der Waals surface area contributed by atoms with E-state index in [0.29, 0.717) is 0 Å². The van der Waals surface area contributed by atoms with E-state index in [2.05, 4.69) is 86.5 Å². The molecule has 3 aromatic rings. The van der Waals surface area contributed by atoms with Gasteiger partial charge in [0.1, 0.15) is 0 Å². The van der Waals surface area contributed by atoms with Gasteiger partial charge < -0.3 is 0 Å². The molecule has 0 N–H and O–H groups in total. The molecule has 0 amide bonds. The molecule has 0 aliphatic heterocycles. The SMILES string of the molecule is Brc1ccccc1-c1ccc2c(Br)cccc2c1. The molecule has 3 rings (SSSR count). The largest absolute Gasteiger partial charge is 0.0616 e. The molecule has 0 nitrogen and oxygen atoms in total. The minimum atomic E-state index is 1.12. The predicted octanol–water partition coefficient (Wildman–Crippen LogP) is 6.03. The quantitative estimate of drug-likeness (QED) is 0.496. The van der Waals surface area contributed by atoms with Crippen LogP contribution >= 0.6 is 31.9 Å². The lowest BCUT2D eigenvalue weighted by atomic mass is 10.0. The van der Waals surface area contributed by atoms with Gasteiger partial charge in [-0.2, -0.15) is 0 Å². The van der Waals surface area contributed by atoms with Gasteiger partial charge in [0, 0.05) is 8.95 Å². The summed E-state index contributed by atoms with van der Waals surface area (Å²) in [6.45, 7) is 0. The van der Waals surface area contributed by atoms with Crippen LogP contribution < -0.4 is 0 Å². The van der Waals surface area contributed by atoms with E-state index in [9.17, 15) is 0 Å². The second-order valence-electron chi connectivity index (χ2n) is 4.16. The Kier molecular flexibility index (Phi) is 3.23. The summed E-state index contributed by atoms with van der Waals surface area (Å²) < 4.78 is 2.26. The average molecular weight is 362 g/mol. The molecule has 0 spiro atoms. The van der Waals surface area contributed by atoms with Crippen LogP contribution in [0.4, 0.5) is 0 Å². The Labute approximate surface area is 123 Å². The number of hydrogen-bond acceptors (Lipinski definition) is 0. The first-order chi connectivity index (χ1) is 8.75. The van der Waals surface area contributed by atoms with Crippen LogP contribution in [0.25, 0.3) is 21.9 Å². The van der Waals surface area contributed by atoms with Crippen LogP contribution in [0.15, 0.2) is 69.6 Å². The summed E-state index contributed by atoms with van der Waals surface area (Å²) in [6.07, 6.45) is 0. The molecule has 2 heteroatoms. The highest BCUT2D eigenvalue weighted by molar-refractivity contribution is 9.11. The van der Waals surface area contributed by atoms with E-state index in [-0.39, 0.29) is 0 Å². The highest BCUT2D eigenvalue weighted by atomic mass is 79.9. The number of hydrogen-bond donors (Lipinski definition) is 0. The third-order valence-electron chi connectivity index (χ3n) is 3.01. The van der Waals surface area contributed by atoms with Crippen LogP contribution in [-0.2, 0) is 0 Å². The van der Waals surface area contributed by atoms with Crippen molar-refractivity contribution < 1.29 is 0 Å². The molecule has 0 heterocycles. The van der Waals surface area contributed by atoms with E-state index >= 15 is 0 Å². The highest BCUT2D eigenvalue weighted by Crippen LogP contribution is 2.32. The molecular weight excluding hydrogens is 352 g/mol. The molecule has 0 aliphatic carbocycles. The lowest BCUT2D eigenvalue weighted by molar-refractivity contribution is 1.60. The summed E-state index contributed by atoms with van der Waals surface area (Å²) in [6, 6.07) is 21.1. The van der Waals surface area contributed by atoms with Crippen molar-refractivity contribution in [3.05, 3.63) is 69.6 Å². The summed E-state index contributed by atoms with van der Waals surface area (Å²) in [4.78, 5) is 0. The first-order valence-electron chi connectivity index (χ1n) is 5.69. The second kappa shape index (κ2) is 4.87. The maximum atomic E-state index is 3.60. The first kappa shape index (κ1) is 11.9. The van der Waals surface area contributed by atoms with E-state index in [4.69, 9.17) is 0 Å². The van der Waals surface area contributed by atoms with E-state index in [1.54, 1.807) is 0 Å². The smallest absolute Gasteiger partial charge is 0.0253 e. The summed E-state index contributed by atoms with van der Waals surface area (Å²) in [5.41, 5.74) is 2.45. The van der Waals surface area contributed by atoms with Crippen molar-refractivity contribution in [2.45, 2.75) is 0 Å². The fourth-order valence-electron chi connectivity index (χ4n) is 2.11. The Hall–Kier alpha value is -1.12. The molecule has 0 atom stereocenters. The second-order valence-corrected chi connectivity index (χ2v) is 5.86. The Morgan fingerprint density at radius 2 is 1.44 bits per heavy atom. The number of rotatable bonds is 1. The van der Waals surface area contributed by atoms with E-state index in [1.807, 2.05) is 6.07 Å². The van der Waals surface area contributed by atoms with E-state index < -0.39 is 0 Å². The van der Waals surface area contributed by atoms with Gasteiger partial charge in [-0.05, 0) is 40.1 Å². The molecule has 0 radical (unpaired) electrons. The molecule has 0 aromatic heterocycles. The molecule has 0 saturated carbocycles. The van der Waals surface area contributed by atoms with Gasteiger partial charge >= 0.3 is 0 Å². The topological polar surface area (TPSA) is 0 Å². The highest BCUT2D eigenvalue weighted by Gasteiger charge is 2.04. The maximum absolute atomic E-state index is 3.60. The van der Waals surface area contributed by atoms with Gasteiger partial charge in [0.05, 0.1) is 0 Å². The van der Waals surface area contributed by atoms with Crippen molar-refractivity contribution in [2.75, 3.05) is 0 Å². The molecule has 3 aromatic carbocycles. The normalized spacial score (nSPS) is 10.8. The van der Waals surface area contributed by atoms with Crippen molar-refractivity contribution in [1.82, 2.24) is 0 Å². The number of halogens is 2. The molecular formula is C16H10Br2. The third-order valence-corrected chi connectivity index (χ3v) is 4.40. The first-order valence-corrected chi connectivity index (χ1v) is 7.27. The van der Waals surface area contributed by atoms with Crippen LogP contribution in [0, 0.1) is 0 Å². The fourth-order valence-corrected chi connectivity index (χ4v) is 3.13. The fraction of sp³-hybridized carbons (Fsp3) is 0. The van der Waals surface area contributed by atoms with Crippen molar-refractivity contribution in [3.8, 4) is 11.1 Å². The zero-order valence-corrected chi connectivity index (χ0v) is 12.7. The molecule has 88 valence electrons. The standard InChI is InChI=1S/C16H10Br2/c17-15-6-2-1-5-13(15)12-8-9-14-11(10-12)4-3-7-16(14)18/h1-10H. The monoisotopic (exact) mass is 360 g/mol. The Morgan fingerprint density at radius 3 is 2.28 bits per heavy atom. The van der Waals surface area contributed by atoms with Crippen LogP contribution in [0.1, 0.15) is 0 Å². The Balaban J connectivity index is 2.23. The zero-order chi connectivity index (χ0) is 12.5. The summed E-state index contributed by atoms with van der Waals surface area (Å²) in [5, 5.41) is 2.49. The van der Waals surface area contributed by atoms with Crippen molar-refractivity contribution >= 4 is 42.6 Å². The Morgan fingerprint density at radius 1 is 0.667 bits per heavy atom. The zero-order valence-electron chi connectivity index (χ0n) is 9.53. The molecule has 0 fully saturated rings. The number of benzene rings is 3. The van der Waals surface area contributed by atoms with Gasteiger partial charge in [-0.25, -0.2) is 0 Å². The summed E-state index contributed by atoms with van der Waals surface area (Å²) in [5.74, 6) is 0. The molecule has 18 heavy (non-hydrogen) atoms. The van der Waals surface area contributed by atoms with Crippen LogP contribution in [0.2, 0.25) is 0 Å². The van der Waals surface area contributed by atoms with Crippen molar-refractivity contribution in [1.29, 1.82) is 0 Å². The molecule has 0 bridgehead atoms. The van der Waals surface area contributed by atoms with E-state index in [1.165, 1.54) is 21.9 Å². The third kappa shape index (κ3) is 2.11. The minimum absolute atomic E-state index is 1.12. The molecule has 0 unspecified atom stereocenters. The van der Waals surface area contributed by atoms with Gasteiger partial charge in [-0.1, -0.05) is 74.3 Å². The van der Waals surface area contributed by atoms with Gasteiger partial charge in [-0.3, -0.25) is 0 Å². The van der Waals surface area contributed by atoms with Gasteiger partial charge in [0.15, 0.2) is 0 Å². The summed E-state index contributed by atoms with van der Waals surface area (Å²) in [7, 11) is 0. The van der Waals surface area contributed by atoms with Crippen LogP contribution in [0.5, 0.6) is 0 Å². The lowest BCUT2D eigenvalue weighted by Crippen LogP contribution is -1.81. The maximum Gasteiger partial charge on any atom is 0.0253 e. The minimum Gasteiger partial charge on any atom is -0.0616 e.